The van der Waals surface area contributed by atoms with Crippen molar-refractivity contribution in [1.82, 2.24) is 15.2 Å². The number of piperidine rings is 1. The highest BCUT2D eigenvalue weighted by Gasteiger charge is 2.28. The molecule has 7 nitrogen and oxygen atoms in total. The lowest BCUT2D eigenvalue weighted by Gasteiger charge is -2.29. The molecule has 8 heteroatoms. The standard InChI is InChI=1S/C17H25N3O4S/c1-12(2)16(21)18-19-17(22)14-4-6-15(7-5-14)25(23,24)20-10-8-13(3)9-11-20/h4-7,12-13H,8-11H2,1-3H3,(H,18,21)(H,19,22). The maximum absolute atomic E-state index is 12.6. The fraction of sp³-hybridized carbons (Fsp3) is 0.529. The van der Waals surface area contributed by atoms with Crippen LogP contribution in [0.5, 0.6) is 0 Å². The molecule has 2 amide bonds. The average molecular weight is 367 g/mol. The Balaban J connectivity index is 2.03. The molecule has 1 heterocycles. The number of amides is 2. The van der Waals surface area contributed by atoms with Gasteiger partial charge >= 0.3 is 0 Å². The summed E-state index contributed by atoms with van der Waals surface area (Å²) in [5.41, 5.74) is 4.90. The summed E-state index contributed by atoms with van der Waals surface area (Å²) in [6, 6.07) is 5.73. The van der Waals surface area contributed by atoms with E-state index in [1.54, 1.807) is 13.8 Å². The summed E-state index contributed by atoms with van der Waals surface area (Å²) >= 11 is 0. The Morgan fingerprint density at radius 3 is 2.16 bits per heavy atom. The minimum atomic E-state index is -3.53. The molecule has 0 unspecified atom stereocenters. The molecule has 2 N–H and O–H groups in total. The number of rotatable bonds is 4. The van der Waals surface area contributed by atoms with Gasteiger partial charge in [-0.15, -0.1) is 0 Å². The van der Waals surface area contributed by atoms with Gasteiger partial charge < -0.3 is 0 Å². The Morgan fingerprint density at radius 2 is 1.64 bits per heavy atom. The molecule has 0 saturated carbocycles. The third-order valence-corrected chi connectivity index (χ3v) is 6.23. The molecule has 1 saturated heterocycles. The Morgan fingerprint density at radius 1 is 1.08 bits per heavy atom. The summed E-state index contributed by atoms with van der Waals surface area (Å²) in [5, 5.41) is 0. The van der Waals surface area contributed by atoms with Crippen LogP contribution in [0.3, 0.4) is 0 Å². The van der Waals surface area contributed by atoms with Gasteiger partial charge in [-0.3, -0.25) is 20.4 Å². The van der Waals surface area contributed by atoms with E-state index < -0.39 is 15.9 Å². The van der Waals surface area contributed by atoms with E-state index >= 15 is 0 Å². The molecule has 25 heavy (non-hydrogen) atoms. The van der Waals surface area contributed by atoms with Crippen LogP contribution in [0.4, 0.5) is 0 Å². The molecule has 0 aliphatic carbocycles. The van der Waals surface area contributed by atoms with Crippen molar-refractivity contribution in [3.8, 4) is 0 Å². The first-order valence-corrected chi connectivity index (χ1v) is 9.86. The fourth-order valence-corrected chi connectivity index (χ4v) is 3.96. The van der Waals surface area contributed by atoms with E-state index in [1.165, 1.54) is 28.6 Å². The zero-order valence-corrected chi connectivity index (χ0v) is 15.6. The molecule has 1 aliphatic rings. The number of carbonyl (C=O) groups excluding carboxylic acids is 2. The Labute approximate surface area is 148 Å². The zero-order valence-electron chi connectivity index (χ0n) is 14.8. The van der Waals surface area contributed by atoms with Crippen molar-refractivity contribution in [2.45, 2.75) is 38.5 Å². The molecule has 1 fully saturated rings. The largest absolute Gasteiger partial charge is 0.273 e. The molecule has 0 atom stereocenters. The molecular weight excluding hydrogens is 342 g/mol. The molecule has 0 radical (unpaired) electrons. The third-order valence-electron chi connectivity index (χ3n) is 4.32. The minimum absolute atomic E-state index is 0.171. The van der Waals surface area contributed by atoms with Crippen molar-refractivity contribution in [2.75, 3.05) is 13.1 Å². The SMILES string of the molecule is CC1CCN(S(=O)(=O)c2ccc(C(=O)NNC(=O)C(C)C)cc2)CC1. The van der Waals surface area contributed by atoms with E-state index in [9.17, 15) is 18.0 Å². The zero-order chi connectivity index (χ0) is 18.6. The van der Waals surface area contributed by atoms with Gasteiger partial charge in [0.2, 0.25) is 15.9 Å². The normalized spacial score (nSPS) is 16.6. The van der Waals surface area contributed by atoms with Crippen molar-refractivity contribution in [2.24, 2.45) is 11.8 Å². The first-order chi connectivity index (χ1) is 11.7. The summed E-state index contributed by atoms with van der Waals surface area (Å²) in [4.78, 5) is 23.6. The van der Waals surface area contributed by atoms with Gasteiger partial charge in [-0.05, 0) is 43.0 Å². The van der Waals surface area contributed by atoms with Gasteiger partial charge in [0.1, 0.15) is 0 Å². The van der Waals surface area contributed by atoms with Crippen LogP contribution >= 0.6 is 0 Å². The van der Waals surface area contributed by atoms with Gasteiger partial charge in [-0.25, -0.2) is 8.42 Å². The summed E-state index contributed by atoms with van der Waals surface area (Å²) in [6.07, 6.45) is 1.71. The number of carbonyl (C=O) groups is 2. The van der Waals surface area contributed by atoms with Crippen LogP contribution in [-0.2, 0) is 14.8 Å². The Bertz CT molecular complexity index is 721. The van der Waals surface area contributed by atoms with E-state index in [2.05, 4.69) is 17.8 Å². The van der Waals surface area contributed by atoms with E-state index in [4.69, 9.17) is 0 Å². The monoisotopic (exact) mass is 367 g/mol. The van der Waals surface area contributed by atoms with Crippen LogP contribution in [0.15, 0.2) is 29.2 Å². The molecule has 1 aromatic rings. The number of sulfonamides is 1. The van der Waals surface area contributed by atoms with Crippen molar-refractivity contribution < 1.29 is 18.0 Å². The molecular formula is C17H25N3O4S. The number of nitrogens with one attached hydrogen (secondary N) is 2. The first kappa shape index (κ1) is 19.4. The van der Waals surface area contributed by atoms with Gasteiger partial charge in [0, 0.05) is 24.6 Å². The smallest absolute Gasteiger partial charge is 0.269 e. The highest BCUT2D eigenvalue weighted by Crippen LogP contribution is 2.23. The molecule has 0 bridgehead atoms. The summed E-state index contributed by atoms with van der Waals surface area (Å²) in [5.74, 6) is -0.504. The lowest BCUT2D eigenvalue weighted by molar-refractivity contribution is -0.124. The maximum atomic E-state index is 12.6. The van der Waals surface area contributed by atoms with Gasteiger partial charge in [-0.2, -0.15) is 4.31 Å². The van der Waals surface area contributed by atoms with E-state index in [0.717, 1.165) is 12.8 Å². The van der Waals surface area contributed by atoms with E-state index in [-0.39, 0.29) is 22.3 Å². The predicted octanol–water partition coefficient (Wildman–Crippen LogP) is 1.52. The second kappa shape index (κ2) is 7.97. The molecule has 138 valence electrons. The fourth-order valence-electron chi connectivity index (χ4n) is 2.49. The van der Waals surface area contributed by atoms with Gasteiger partial charge in [0.15, 0.2) is 0 Å². The van der Waals surface area contributed by atoms with Crippen LogP contribution < -0.4 is 10.9 Å². The predicted molar refractivity (Wildman–Crippen MR) is 94.0 cm³/mol. The number of hydrazine groups is 1. The molecule has 1 aliphatic heterocycles. The van der Waals surface area contributed by atoms with Crippen LogP contribution in [-0.4, -0.2) is 37.6 Å². The third kappa shape index (κ3) is 4.79. The maximum Gasteiger partial charge on any atom is 0.269 e. The van der Waals surface area contributed by atoms with Crippen LogP contribution in [0.1, 0.15) is 44.0 Å². The lowest BCUT2D eigenvalue weighted by atomic mass is 10.0. The molecule has 2 rings (SSSR count). The second-order valence-electron chi connectivity index (χ2n) is 6.71. The lowest BCUT2D eigenvalue weighted by Crippen LogP contribution is -2.43. The number of hydrogen-bond acceptors (Lipinski definition) is 4. The van der Waals surface area contributed by atoms with Crippen LogP contribution in [0.25, 0.3) is 0 Å². The summed E-state index contributed by atoms with van der Waals surface area (Å²) < 4.78 is 26.8. The van der Waals surface area contributed by atoms with Gasteiger partial charge in [0.05, 0.1) is 4.90 Å². The van der Waals surface area contributed by atoms with E-state index in [0.29, 0.717) is 19.0 Å². The average Bonchev–Trinajstić information content (AvgIpc) is 2.59. The highest BCUT2D eigenvalue weighted by molar-refractivity contribution is 7.89. The van der Waals surface area contributed by atoms with Crippen LogP contribution in [0, 0.1) is 11.8 Å². The van der Waals surface area contributed by atoms with Crippen molar-refractivity contribution >= 4 is 21.8 Å². The van der Waals surface area contributed by atoms with Crippen LogP contribution in [0.2, 0.25) is 0 Å². The highest BCUT2D eigenvalue weighted by atomic mass is 32.2. The Kier molecular flexibility index (Phi) is 6.18. The topological polar surface area (TPSA) is 95.6 Å². The Hall–Kier alpha value is -1.93. The quantitative estimate of drug-likeness (QED) is 0.789. The number of benzene rings is 1. The minimum Gasteiger partial charge on any atom is -0.273 e. The number of nitrogens with zero attached hydrogens (tertiary/aromatic N) is 1. The van der Waals surface area contributed by atoms with Crippen molar-refractivity contribution in [3.63, 3.8) is 0 Å². The molecule has 0 aromatic heterocycles. The summed E-state index contributed by atoms with van der Waals surface area (Å²) in [7, 11) is -3.53. The second-order valence-corrected chi connectivity index (χ2v) is 8.65. The van der Waals surface area contributed by atoms with E-state index in [1.807, 2.05) is 0 Å². The summed E-state index contributed by atoms with van der Waals surface area (Å²) in [6.45, 7) is 6.58. The van der Waals surface area contributed by atoms with Crippen molar-refractivity contribution in [1.29, 1.82) is 0 Å². The first-order valence-electron chi connectivity index (χ1n) is 8.42. The number of hydrogen-bond donors (Lipinski definition) is 2. The van der Waals surface area contributed by atoms with Gasteiger partial charge in [0.25, 0.3) is 5.91 Å². The molecule has 0 spiro atoms. The van der Waals surface area contributed by atoms with Crippen molar-refractivity contribution in [3.05, 3.63) is 29.8 Å². The molecule has 1 aromatic carbocycles. The van der Waals surface area contributed by atoms with Gasteiger partial charge in [-0.1, -0.05) is 20.8 Å².